The molecule has 98 valence electrons. The maximum absolute atomic E-state index is 11.8. The Labute approximate surface area is 112 Å². The third-order valence-electron chi connectivity index (χ3n) is 2.50. The van der Waals surface area contributed by atoms with Gasteiger partial charge in [0.15, 0.2) is 5.78 Å². The molecule has 0 spiro atoms. The fourth-order valence-corrected chi connectivity index (χ4v) is 2.21. The topological polar surface area (TPSA) is 43.4 Å². The van der Waals surface area contributed by atoms with E-state index in [-0.39, 0.29) is 11.8 Å². The highest BCUT2D eigenvalue weighted by atomic mass is 32.2. The minimum Gasteiger partial charge on any atom is -0.469 e. The van der Waals surface area contributed by atoms with Crippen LogP contribution in [0.25, 0.3) is 0 Å². The molecule has 1 aromatic carbocycles. The lowest BCUT2D eigenvalue weighted by Gasteiger charge is -2.03. The molecule has 0 aliphatic carbocycles. The molecule has 0 saturated heterocycles. The molecule has 0 saturated carbocycles. The zero-order valence-electron chi connectivity index (χ0n) is 10.8. The molecule has 1 aromatic rings. The molecule has 0 heterocycles. The summed E-state index contributed by atoms with van der Waals surface area (Å²) in [6.07, 6.45) is 1.22. The number of ketones is 1. The van der Waals surface area contributed by atoms with Gasteiger partial charge in [-0.2, -0.15) is 0 Å². The van der Waals surface area contributed by atoms with E-state index in [1.165, 1.54) is 12.0 Å². The van der Waals surface area contributed by atoms with Gasteiger partial charge in [-0.25, -0.2) is 0 Å². The molecule has 0 amide bonds. The van der Waals surface area contributed by atoms with Gasteiger partial charge in [0.2, 0.25) is 0 Å². The van der Waals surface area contributed by atoms with Gasteiger partial charge in [-0.15, -0.1) is 11.8 Å². The van der Waals surface area contributed by atoms with E-state index in [1.807, 2.05) is 24.3 Å². The van der Waals surface area contributed by atoms with Crippen LogP contribution in [0.4, 0.5) is 0 Å². The highest BCUT2D eigenvalue weighted by Gasteiger charge is 2.07. The van der Waals surface area contributed by atoms with Crippen molar-refractivity contribution >= 4 is 23.5 Å². The quantitative estimate of drug-likeness (QED) is 0.431. The average Bonchev–Trinajstić information content (AvgIpc) is 2.39. The van der Waals surface area contributed by atoms with Gasteiger partial charge >= 0.3 is 5.97 Å². The van der Waals surface area contributed by atoms with Crippen molar-refractivity contribution in [3.8, 4) is 0 Å². The summed E-state index contributed by atoms with van der Waals surface area (Å²) in [6.45, 7) is 2.09. The Kier molecular flexibility index (Phi) is 6.50. The summed E-state index contributed by atoms with van der Waals surface area (Å²) in [5, 5.41) is 0. The van der Waals surface area contributed by atoms with Crippen LogP contribution in [-0.4, -0.2) is 24.6 Å². The highest BCUT2D eigenvalue weighted by Crippen LogP contribution is 2.18. The number of benzene rings is 1. The van der Waals surface area contributed by atoms with Crippen molar-refractivity contribution in [2.45, 2.75) is 31.1 Å². The van der Waals surface area contributed by atoms with Crippen molar-refractivity contribution in [2.75, 3.05) is 12.9 Å². The number of Topliss-reactive ketones (excluding diaryl/α,β-unsaturated/α-hetero) is 1. The smallest absolute Gasteiger partial charge is 0.305 e. The number of esters is 1. The molecule has 0 atom stereocenters. The molecule has 3 nitrogen and oxygen atoms in total. The van der Waals surface area contributed by atoms with Crippen molar-refractivity contribution in [3.05, 3.63) is 29.8 Å². The molecule has 1 rings (SSSR count). The summed E-state index contributed by atoms with van der Waals surface area (Å²) in [5.74, 6) is 0.830. The Hall–Kier alpha value is -1.29. The molecule has 0 aliphatic rings. The van der Waals surface area contributed by atoms with Gasteiger partial charge in [0.05, 0.1) is 7.11 Å². The first-order valence-corrected chi connectivity index (χ1v) is 6.98. The van der Waals surface area contributed by atoms with Crippen LogP contribution in [0.3, 0.4) is 0 Å². The summed E-state index contributed by atoms with van der Waals surface area (Å²) in [4.78, 5) is 23.9. The monoisotopic (exact) mass is 266 g/mol. The average molecular weight is 266 g/mol. The summed E-state index contributed by atoms with van der Waals surface area (Å²) in [6, 6.07) is 7.61. The Morgan fingerprint density at radius 1 is 1.17 bits per heavy atom. The lowest BCUT2D eigenvalue weighted by molar-refractivity contribution is -0.140. The van der Waals surface area contributed by atoms with Gasteiger partial charge in [0.1, 0.15) is 0 Å². The molecular formula is C14H18O3S. The van der Waals surface area contributed by atoms with Gasteiger partial charge in [-0.3, -0.25) is 9.59 Å². The largest absolute Gasteiger partial charge is 0.469 e. The van der Waals surface area contributed by atoms with Crippen LogP contribution < -0.4 is 0 Å². The lowest BCUT2D eigenvalue weighted by atomic mass is 10.1. The predicted octanol–water partition coefficient (Wildman–Crippen LogP) is 3.32. The number of carbonyl (C=O) groups excluding carboxylic acids is 2. The molecule has 0 aromatic heterocycles. The Bertz CT molecular complexity index is 398. The fraction of sp³-hybridized carbons (Fsp3) is 0.429. The van der Waals surface area contributed by atoms with E-state index in [0.29, 0.717) is 24.8 Å². The Morgan fingerprint density at radius 3 is 2.39 bits per heavy atom. The van der Waals surface area contributed by atoms with Crippen LogP contribution in [0.1, 0.15) is 36.5 Å². The van der Waals surface area contributed by atoms with Crippen molar-refractivity contribution in [2.24, 2.45) is 0 Å². The number of thioether (sulfide) groups is 1. The van der Waals surface area contributed by atoms with Crippen LogP contribution in [0.2, 0.25) is 0 Å². The van der Waals surface area contributed by atoms with Crippen LogP contribution >= 0.6 is 11.8 Å². The molecule has 4 heteroatoms. The first-order valence-electron chi connectivity index (χ1n) is 6.00. The lowest BCUT2D eigenvalue weighted by Crippen LogP contribution is -2.03. The van der Waals surface area contributed by atoms with Crippen molar-refractivity contribution in [1.82, 2.24) is 0 Å². The Balaban J connectivity index is 2.44. The number of methoxy groups -OCH3 is 1. The van der Waals surface area contributed by atoms with Gasteiger partial charge in [-0.1, -0.05) is 19.1 Å². The number of hydrogen-bond acceptors (Lipinski definition) is 4. The predicted molar refractivity (Wildman–Crippen MR) is 73.0 cm³/mol. The van der Waals surface area contributed by atoms with Crippen molar-refractivity contribution in [3.63, 3.8) is 0 Å². The summed E-state index contributed by atoms with van der Waals surface area (Å²) in [7, 11) is 1.36. The van der Waals surface area contributed by atoms with Crippen molar-refractivity contribution < 1.29 is 14.3 Å². The number of carbonyl (C=O) groups is 2. The van der Waals surface area contributed by atoms with E-state index in [0.717, 1.165) is 5.75 Å². The minimum atomic E-state index is -0.266. The molecule has 0 fully saturated rings. The zero-order chi connectivity index (χ0) is 13.4. The second kappa shape index (κ2) is 7.93. The van der Waals surface area contributed by atoms with Crippen LogP contribution in [0.15, 0.2) is 29.2 Å². The number of rotatable bonds is 7. The molecular weight excluding hydrogens is 248 g/mol. The van der Waals surface area contributed by atoms with Gasteiger partial charge in [0.25, 0.3) is 0 Å². The third-order valence-corrected chi connectivity index (χ3v) is 3.39. The standard InChI is InChI=1S/C14H18O3S/c1-3-18-12-9-7-11(8-10-12)13(15)5-4-6-14(16)17-2/h7-10H,3-6H2,1-2H3. The molecule has 0 aliphatic heterocycles. The summed E-state index contributed by atoms with van der Waals surface area (Å²) in [5.41, 5.74) is 0.709. The first kappa shape index (κ1) is 14.8. The SMILES string of the molecule is CCSc1ccc(C(=O)CCCC(=O)OC)cc1. The van der Waals surface area contributed by atoms with Crippen LogP contribution in [0, 0.1) is 0 Å². The van der Waals surface area contributed by atoms with Crippen molar-refractivity contribution in [1.29, 1.82) is 0 Å². The zero-order valence-corrected chi connectivity index (χ0v) is 11.6. The maximum Gasteiger partial charge on any atom is 0.305 e. The minimum absolute atomic E-state index is 0.0759. The summed E-state index contributed by atoms with van der Waals surface area (Å²) < 4.78 is 4.53. The number of hydrogen-bond donors (Lipinski definition) is 0. The Morgan fingerprint density at radius 2 is 1.83 bits per heavy atom. The molecule has 18 heavy (non-hydrogen) atoms. The number of ether oxygens (including phenoxy) is 1. The molecule has 0 bridgehead atoms. The molecule has 0 unspecified atom stereocenters. The highest BCUT2D eigenvalue weighted by molar-refractivity contribution is 7.99. The third kappa shape index (κ3) is 4.92. The van der Waals surface area contributed by atoms with Crippen LogP contribution in [-0.2, 0) is 9.53 Å². The second-order valence-corrected chi connectivity index (χ2v) is 5.15. The molecule has 0 radical (unpaired) electrons. The van der Waals surface area contributed by atoms with E-state index < -0.39 is 0 Å². The van der Waals surface area contributed by atoms with Gasteiger partial charge in [0, 0.05) is 23.3 Å². The van der Waals surface area contributed by atoms with E-state index in [9.17, 15) is 9.59 Å². The molecule has 0 N–H and O–H groups in total. The van der Waals surface area contributed by atoms with E-state index in [1.54, 1.807) is 11.8 Å². The maximum atomic E-state index is 11.8. The van der Waals surface area contributed by atoms with Gasteiger partial charge < -0.3 is 4.74 Å². The normalized spacial score (nSPS) is 10.1. The fourth-order valence-electron chi connectivity index (χ4n) is 1.54. The second-order valence-electron chi connectivity index (χ2n) is 3.81. The van der Waals surface area contributed by atoms with Gasteiger partial charge in [-0.05, 0) is 24.3 Å². The first-order chi connectivity index (χ1) is 8.67. The summed E-state index contributed by atoms with van der Waals surface area (Å²) >= 11 is 1.75. The van der Waals surface area contributed by atoms with Crippen LogP contribution in [0.5, 0.6) is 0 Å². The van der Waals surface area contributed by atoms with E-state index >= 15 is 0 Å². The van der Waals surface area contributed by atoms with E-state index in [4.69, 9.17) is 0 Å². The van der Waals surface area contributed by atoms with E-state index in [2.05, 4.69) is 11.7 Å².